The molecule has 0 aliphatic heterocycles. The molecule has 0 spiro atoms. The van der Waals surface area contributed by atoms with E-state index in [9.17, 15) is 0 Å². The molecule has 5 aliphatic carbocycles. The van der Waals surface area contributed by atoms with Crippen molar-refractivity contribution in [2.45, 2.75) is 143 Å². The van der Waals surface area contributed by atoms with Crippen molar-refractivity contribution in [3.05, 3.63) is 35.9 Å². The highest BCUT2D eigenvalue weighted by Gasteiger charge is 2.64. The van der Waals surface area contributed by atoms with Crippen molar-refractivity contribution in [1.82, 2.24) is 0 Å². The Morgan fingerprint density at radius 2 is 0.897 bits per heavy atom. The first kappa shape index (κ1) is 28.3. The van der Waals surface area contributed by atoms with Crippen LogP contribution in [0.2, 0.25) is 0 Å². The average Bonchev–Trinajstić information content (AvgIpc) is 3.57. The van der Waals surface area contributed by atoms with Crippen LogP contribution in [-0.2, 0) is 5.41 Å². The zero-order valence-electron chi connectivity index (χ0n) is 26.7. The van der Waals surface area contributed by atoms with Gasteiger partial charge < -0.3 is 0 Å². The highest BCUT2D eigenvalue weighted by atomic mass is 14.7. The van der Waals surface area contributed by atoms with Crippen molar-refractivity contribution in [2.75, 3.05) is 0 Å². The quantitative estimate of drug-likeness (QED) is 0.363. The van der Waals surface area contributed by atoms with Crippen molar-refractivity contribution >= 4 is 0 Å². The first-order chi connectivity index (χ1) is 18.6. The molecule has 0 saturated heterocycles. The van der Waals surface area contributed by atoms with E-state index in [4.69, 9.17) is 0 Å². The van der Waals surface area contributed by atoms with E-state index in [1.807, 2.05) is 0 Å². The monoisotopic (exact) mass is 530 g/mol. The summed E-state index contributed by atoms with van der Waals surface area (Å²) in [6.45, 7) is 15.4. The van der Waals surface area contributed by atoms with Gasteiger partial charge in [-0.25, -0.2) is 0 Å². The molecule has 5 aliphatic rings. The lowest BCUT2D eigenvalue weighted by Gasteiger charge is -2.57. The molecule has 0 aromatic heterocycles. The Labute approximate surface area is 242 Å². The number of hydrogen-bond acceptors (Lipinski definition) is 0. The van der Waals surface area contributed by atoms with Crippen LogP contribution in [0.15, 0.2) is 30.3 Å². The lowest BCUT2D eigenvalue weighted by atomic mass is 9.47. The Balaban J connectivity index is 1.53. The third-order valence-corrected chi connectivity index (χ3v) is 14.0. The van der Waals surface area contributed by atoms with Gasteiger partial charge in [0.25, 0.3) is 0 Å². The molecule has 1 aromatic rings. The second-order valence-electron chi connectivity index (χ2n) is 17.5. The minimum atomic E-state index is 0.417. The number of benzene rings is 1. The summed E-state index contributed by atoms with van der Waals surface area (Å²) in [6, 6.07) is 12.4. The fourth-order valence-corrected chi connectivity index (χ4v) is 12.2. The van der Waals surface area contributed by atoms with Crippen molar-refractivity contribution in [3.8, 4) is 0 Å². The molecule has 39 heavy (non-hydrogen) atoms. The highest BCUT2D eigenvalue weighted by Crippen LogP contribution is 2.70. The van der Waals surface area contributed by atoms with Crippen LogP contribution in [0.5, 0.6) is 0 Å². The highest BCUT2D eigenvalue weighted by molar-refractivity contribution is 5.32. The summed E-state index contributed by atoms with van der Waals surface area (Å²) < 4.78 is 0. The van der Waals surface area contributed by atoms with Gasteiger partial charge in [-0.05, 0) is 134 Å². The summed E-state index contributed by atoms with van der Waals surface area (Å²) in [5.74, 6) is 8.48. The molecule has 6 rings (SSSR count). The van der Waals surface area contributed by atoms with E-state index in [0.717, 1.165) is 53.3 Å². The fraction of sp³-hybridized carbons (Fsp3) is 0.846. The molecule has 0 radical (unpaired) electrons. The summed E-state index contributed by atoms with van der Waals surface area (Å²) in [7, 11) is 0. The lowest BCUT2D eigenvalue weighted by Crippen LogP contribution is -2.53. The van der Waals surface area contributed by atoms with E-state index >= 15 is 0 Å². The Kier molecular flexibility index (Phi) is 7.85. The van der Waals surface area contributed by atoms with Crippen LogP contribution in [0.25, 0.3) is 0 Å². The van der Waals surface area contributed by atoms with Crippen LogP contribution >= 0.6 is 0 Å². The number of hydrogen-bond donors (Lipinski definition) is 0. The summed E-state index contributed by atoms with van der Waals surface area (Å²) in [4.78, 5) is 0. The van der Waals surface area contributed by atoms with Gasteiger partial charge in [-0.2, -0.15) is 0 Å². The maximum atomic E-state index is 2.64. The number of fused-ring (bicyclic) bond motifs is 3. The van der Waals surface area contributed by atoms with Crippen LogP contribution in [0.1, 0.15) is 143 Å². The molecule has 8 atom stereocenters. The molecule has 0 N–H and O–H groups in total. The molecule has 1 aromatic carbocycles. The van der Waals surface area contributed by atoms with Crippen molar-refractivity contribution in [3.63, 3.8) is 0 Å². The smallest absolute Gasteiger partial charge is 0.00431 e. The molecule has 0 amide bonds. The van der Waals surface area contributed by atoms with Crippen LogP contribution in [0.4, 0.5) is 0 Å². The zero-order chi connectivity index (χ0) is 27.4. The molecule has 0 heterocycles. The minimum Gasteiger partial charge on any atom is -0.0622 e. The van der Waals surface area contributed by atoms with Crippen molar-refractivity contribution < 1.29 is 0 Å². The molecule has 6 unspecified atom stereocenters. The lowest BCUT2D eigenvalue weighted by molar-refractivity contribution is -0.0181. The molecular weight excluding hydrogens is 468 g/mol. The molecule has 218 valence electrons. The van der Waals surface area contributed by atoms with Gasteiger partial charge in [-0.3, -0.25) is 0 Å². The largest absolute Gasteiger partial charge is 0.0622 e. The van der Waals surface area contributed by atoms with Gasteiger partial charge in [-0.15, -0.1) is 0 Å². The molecular formula is C39H62. The first-order valence-electron chi connectivity index (χ1n) is 17.7. The molecule has 0 nitrogen and oxygen atoms in total. The zero-order valence-corrected chi connectivity index (χ0v) is 26.7. The van der Waals surface area contributed by atoms with E-state index < -0.39 is 0 Å². The van der Waals surface area contributed by atoms with Crippen molar-refractivity contribution in [2.24, 2.45) is 64.1 Å². The van der Waals surface area contributed by atoms with Crippen LogP contribution in [-0.4, -0.2) is 0 Å². The third kappa shape index (κ3) is 4.99. The van der Waals surface area contributed by atoms with Crippen LogP contribution in [0, 0.1) is 64.1 Å². The standard InChI is InChI=1S/C39H62/c1-37(2,3)30-21-23-32-33-24-22-31(38(4,5)6)26-35(33)36(34(32)25-30)39(29-19-13-14-20-29,27-15-9-7-10-16-27)28-17-11-8-12-18-28/h7,9-10,15-16,28-36H,8,11-14,17-26H2,1-6H3/t30-,31+,32?,33?,34?,35?,36?,39?. The van der Waals surface area contributed by atoms with Crippen LogP contribution in [0.3, 0.4) is 0 Å². The van der Waals surface area contributed by atoms with Gasteiger partial charge in [0.05, 0.1) is 0 Å². The SMILES string of the molecule is CC(C)(C)[C@@H]1CCC2C3CC[C@H](C(C)(C)C)CC3C(C(c3ccccc3)(C3CCCCC3)C3CCCC3)C2C1. The van der Waals surface area contributed by atoms with E-state index in [-0.39, 0.29) is 0 Å². The fourth-order valence-electron chi connectivity index (χ4n) is 12.2. The normalized spacial score (nSPS) is 38.3. The molecule has 5 saturated carbocycles. The Bertz CT molecular complexity index is 894. The number of rotatable bonds is 4. The Hall–Kier alpha value is -0.780. The van der Waals surface area contributed by atoms with E-state index in [2.05, 4.69) is 71.9 Å². The van der Waals surface area contributed by atoms with Gasteiger partial charge in [0.2, 0.25) is 0 Å². The van der Waals surface area contributed by atoms with Gasteiger partial charge in [0.1, 0.15) is 0 Å². The maximum absolute atomic E-state index is 2.64. The summed E-state index contributed by atoms with van der Waals surface area (Å²) in [5.41, 5.74) is 3.11. The Morgan fingerprint density at radius 3 is 1.33 bits per heavy atom. The second kappa shape index (κ2) is 10.8. The van der Waals surface area contributed by atoms with Gasteiger partial charge >= 0.3 is 0 Å². The predicted molar refractivity (Wildman–Crippen MR) is 168 cm³/mol. The maximum Gasteiger partial charge on any atom is 0.00431 e. The average molecular weight is 531 g/mol. The van der Waals surface area contributed by atoms with Crippen LogP contribution < -0.4 is 0 Å². The van der Waals surface area contributed by atoms with Gasteiger partial charge in [-0.1, -0.05) is 104 Å². The van der Waals surface area contributed by atoms with Gasteiger partial charge in [0, 0.05) is 5.41 Å². The molecule has 0 heteroatoms. The first-order valence-corrected chi connectivity index (χ1v) is 17.7. The summed E-state index contributed by atoms with van der Waals surface area (Å²) >= 11 is 0. The van der Waals surface area contributed by atoms with Gasteiger partial charge in [0.15, 0.2) is 0 Å². The summed E-state index contributed by atoms with van der Waals surface area (Å²) in [6.07, 6.45) is 22.5. The topological polar surface area (TPSA) is 0 Å². The minimum absolute atomic E-state index is 0.417. The predicted octanol–water partition coefficient (Wildman–Crippen LogP) is 11.5. The van der Waals surface area contributed by atoms with E-state index in [1.165, 1.54) is 96.3 Å². The Morgan fingerprint density at radius 1 is 0.462 bits per heavy atom. The molecule has 5 fully saturated rings. The van der Waals surface area contributed by atoms with Crippen molar-refractivity contribution in [1.29, 1.82) is 0 Å². The summed E-state index contributed by atoms with van der Waals surface area (Å²) in [5, 5.41) is 0. The molecule has 0 bridgehead atoms. The second-order valence-corrected chi connectivity index (χ2v) is 17.5. The van der Waals surface area contributed by atoms with E-state index in [1.54, 1.807) is 5.56 Å². The third-order valence-electron chi connectivity index (χ3n) is 14.0. The van der Waals surface area contributed by atoms with E-state index in [0.29, 0.717) is 16.2 Å².